The van der Waals surface area contributed by atoms with Crippen molar-refractivity contribution >= 4 is 12.0 Å². The molecule has 70 valence electrons. The zero-order valence-electron chi connectivity index (χ0n) is 7.87. The summed E-state index contributed by atoms with van der Waals surface area (Å²) in [5, 5.41) is 2.77. The number of carbonyl (C=O) groups is 1. The molecule has 1 rings (SSSR count). The summed E-state index contributed by atoms with van der Waals surface area (Å²) in [7, 11) is 0. The minimum absolute atomic E-state index is 0.0591. The van der Waals surface area contributed by atoms with Crippen LogP contribution in [0.1, 0.15) is 19.4 Å². The third kappa shape index (κ3) is 3.60. The lowest BCUT2D eigenvalue weighted by Gasteiger charge is -2.03. The van der Waals surface area contributed by atoms with E-state index in [4.69, 9.17) is 0 Å². The summed E-state index contributed by atoms with van der Waals surface area (Å²) in [4.78, 5) is 14.1. The van der Waals surface area contributed by atoms with E-state index in [1.807, 2.05) is 32.3 Å². The smallest absolute Gasteiger partial charge is 0.244 e. The highest BCUT2D eigenvalue weighted by atomic mass is 16.1. The van der Waals surface area contributed by atoms with Gasteiger partial charge < -0.3 is 10.3 Å². The first-order valence-electron chi connectivity index (χ1n) is 4.30. The first-order chi connectivity index (χ1) is 6.18. The van der Waals surface area contributed by atoms with Gasteiger partial charge in [-0.3, -0.25) is 4.79 Å². The maximum Gasteiger partial charge on any atom is 0.244 e. The lowest BCUT2D eigenvalue weighted by molar-refractivity contribution is -0.116. The minimum atomic E-state index is -0.0591. The SMILES string of the molecule is CC(C)NC(=O)/C=C/c1cc[nH]c1. The predicted molar refractivity (Wildman–Crippen MR) is 53.1 cm³/mol. The van der Waals surface area contributed by atoms with E-state index in [1.165, 1.54) is 6.08 Å². The van der Waals surface area contributed by atoms with Crippen molar-refractivity contribution < 1.29 is 4.79 Å². The van der Waals surface area contributed by atoms with Crippen molar-refractivity contribution in [3.8, 4) is 0 Å². The molecule has 0 atom stereocenters. The summed E-state index contributed by atoms with van der Waals surface area (Å²) in [6.45, 7) is 3.87. The summed E-state index contributed by atoms with van der Waals surface area (Å²) in [5.41, 5.74) is 0.999. The molecule has 0 aromatic carbocycles. The average Bonchev–Trinajstić information content (AvgIpc) is 2.51. The van der Waals surface area contributed by atoms with Crippen LogP contribution in [0, 0.1) is 0 Å². The van der Waals surface area contributed by atoms with E-state index in [1.54, 1.807) is 6.08 Å². The second kappa shape index (κ2) is 4.50. The fraction of sp³-hybridized carbons (Fsp3) is 0.300. The van der Waals surface area contributed by atoms with Crippen LogP contribution >= 0.6 is 0 Å². The molecule has 0 radical (unpaired) electrons. The Balaban J connectivity index is 2.44. The first-order valence-corrected chi connectivity index (χ1v) is 4.30. The van der Waals surface area contributed by atoms with Crippen LogP contribution in [0.2, 0.25) is 0 Å². The van der Waals surface area contributed by atoms with Gasteiger partial charge in [0.25, 0.3) is 0 Å². The molecule has 3 nitrogen and oxygen atoms in total. The number of nitrogens with one attached hydrogen (secondary N) is 2. The van der Waals surface area contributed by atoms with Crippen LogP contribution < -0.4 is 5.32 Å². The second-order valence-electron chi connectivity index (χ2n) is 3.14. The van der Waals surface area contributed by atoms with Crippen molar-refractivity contribution in [1.29, 1.82) is 0 Å². The van der Waals surface area contributed by atoms with Gasteiger partial charge in [0.2, 0.25) is 5.91 Å². The molecule has 1 aromatic heterocycles. The van der Waals surface area contributed by atoms with E-state index in [9.17, 15) is 4.79 Å². The highest BCUT2D eigenvalue weighted by Crippen LogP contribution is 1.98. The van der Waals surface area contributed by atoms with Crippen LogP contribution in [-0.4, -0.2) is 16.9 Å². The number of hydrogen-bond acceptors (Lipinski definition) is 1. The van der Waals surface area contributed by atoms with Crippen molar-refractivity contribution in [3.63, 3.8) is 0 Å². The molecule has 0 fully saturated rings. The van der Waals surface area contributed by atoms with Crippen LogP contribution in [0.25, 0.3) is 6.08 Å². The van der Waals surface area contributed by atoms with E-state index in [-0.39, 0.29) is 11.9 Å². The molecule has 1 amide bonds. The maximum absolute atomic E-state index is 11.1. The van der Waals surface area contributed by atoms with Gasteiger partial charge in [-0.05, 0) is 31.6 Å². The fourth-order valence-corrected chi connectivity index (χ4v) is 0.945. The second-order valence-corrected chi connectivity index (χ2v) is 3.14. The summed E-state index contributed by atoms with van der Waals surface area (Å²) < 4.78 is 0. The summed E-state index contributed by atoms with van der Waals surface area (Å²) in [5.74, 6) is -0.0591. The molecule has 13 heavy (non-hydrogen) atoms. The van der Waals surface area contributed by atoms with E-state index < -0.39 is 0 Å². The Morgan fingerprint density at radius 2 is 2.38 bits per heavy atom. The third-order valence-corrected chi connectivity index (χ3v) is 1.48. The molecule has 0 aliphatic rings. The average molecular weight is 178 g/mol. The number of amides is 1. The Hall–Kier alpha value is -1.51. The van der Waals surface area contributed by atoms with Gasteiger partial charge >= 0.3 is 0 Å². The summed E-state index contributed by atoms with van der Waals surface area (Å²) in [6, 6.07) is 2.09. The number of aromatic nitrogens is 1. The topological polar surface area (TPSA) is 44.9 Å². The van der Waals surface area contributed by atoms with Crippen LogP contribution in [0.5, 0.6) is 0 Å². The highest BCUT2D eigenvalue weighted by molar-refractivity contribution is 5.91. The Morgan fingerprint density at radius 3 is 2.92 bits per heavy atom. The number of hydrogen-bond donors (Lipinski definition) is 2. The van der Waals surface area contributed by atoms with Gasteiger partial charge in [0.1, 0.15) is 0 Å². The molecule has 0 bridgehead atoms. The molecule has 0 aliphatic carbocycles. The fourth-order valence-electron chi connectivity index (χ4n) is 0.945. The standard InChI is InChI=1S/C10H14N2O/c1-8(2)12-10(13)4-3-9-5-6-11-7-9/h3-8,11H,1-2H3,(H,12,13)/b4-3+. The zero-order chi connectivity index (χ0) is 9.68. The third-order valence-electron chi connectivity index (χ3n) is 1.48. The minimum Gasteiger partial charge on any atom is -0.367 e. The molecule has 0 saturated heterocycles. The van der Waals surface area contributed by atoms with Crippen LogP contribution in [-0.2, 0) is 4.79 Å². The monoisotopic (exact) mass is 178 g/mol. The van der Waals surface area contributed by atoms with Crippen molar-refractivity contribution in [2.75, 3.05) is 0 Å². The van der Waals surface area contributed by atoms with Gasteiger partial charge in [-0.25, -0.2) is 0 Å². The van der Waals surface area contributed by atoms with Crippen molar-refractivity contribution in [2.24, 2.45) is 0 Å². The van der Waals surface area contributed by atoms with E-state index >= 15 is 0 Å². The van der Waals surface area contributed by atoms with Gasteiger partial charge in [-0.15, -0.1) is 0 Å². The quantitative estimate of drug-likeness (QED) is 0.678. The highest BCUT2D eigenvalue weighted by Gasteiger charge is 1.96. The van der Waals surface area contributed by atoms with E-state index in [0.717, 1.165) is 5.56 Å². The lowest BCUT2D eigenvalue weighted by Crippen LogP contribution is -2.28. The van der Waals surface area contributed by atoms with Crippen LogP contribution in [0.3, 0.4) is 0 Å². The number of H-pyrrole nitrogens is 1. The Bertz CT molecular complexity index is 286. The maximum atomic E-state index is 11.1. The number of carbonyl (C=O) groups excluding carboxylic acids is 1. The van der Waals surface area contributed by atoms with Gasteiger partial charge in [0, 0.05) is 24.5 Å². The Morgan fingerprint density at radius 1 is 1.62 bits per heavy atom. The van der Waals surface area contributed by atoms with Gasteiger partial charge in [-0.1, -0.05) is 0 Å². The molecule has 3 heteroatoms. The van der Waals surface area contributed by atoms with Crippen LogP contribution in [0.4, 0.5) is 0 Å². The molecular formula is C10H14N2O. The van der Waals surface area contributed by atoms with Gasteiger partial charge in [-0.2, -0.15) is 0 Å². The Labute approximate surface area is 77.9 Å². The van der Waals surface area contributed by atoms with Gasteiger partial charge in [0.05, 0.1) is 0 Å². The molecule has 0 saturated carbocycles. The molecule has 2 N–H and O–H groups in total. The van der Waals surface area contributed by atoms with Crippen molar-refractivity contribution in [3.05, 3.63) is 30.1 Å². The molecular weight excluding hydrogens is 164 g/mol. The molecule has 0 unspecified atom stereocenters. The number of aromatic amines is 1. The summed E-state index contributed by atoms with van der Waals surface area (Å²) >= 11 is 0. The zero-order valence-corrected chi connectivity index (χ0v) is 7.87. The van der Waals surface area contributed by atoms with Gasteiger partial charge in [0.15, 0.2) is 0 Å². The lowest BCUT2D eigenvalue weighted by atomic mass is 10.3. The first kappa shape index (κ1) is 9.58. The predicted octanol–water partition coefficient (Wildman–Crippen LogP) is 1.55. The molecule has 1 aromatic rings. The van der Waals surface area contributed by atoms with Crippen molar-refractivity contribution in [1.82, 2.24) is 10.3 Å². The number of rotatable bonds is 3. The largest absolute Gasteiger partial charge is 0.367 e. The van der Waals surface area contributed by atoms with Crippen molar-refractivity contribution in [2.45, 2.75) is 19.9 Å². The van der Waals surface area contributed by atoms with E-state index in [0.29, 0.717) is 0 Å². The molecule has 1 heterocycles. The Kier molecular flexibility index (Phi) is 3.31. The molecule has 0 aliphatic heterocycles. The summed E-state index contributed by atoms with van der Waals surface area (Å²) in [6.07, 6.45) is 6.95. The molecule has 0 spiro atoms. The van der Waals surface area contributed by atoms with Crippen LogP contribution in [0.15, 0.2) is 24.5 Å². The van der Waals surface area contributed by atoms with E-state index in [2.05, 4.69) is 10.3 Å². The normalized spacial score (nSPS) is 11.0.